The molecule has 2 atom stereocenters. The zero-order chi connectivity index (χ0) is 16.7. The maximum atomic E-state index is 10.9. The highest BCUT2D eigenvalue weighted by Gasteiger charge is 2.15. The summed E-state index contributed by atoms with van der Waals surface area (Å²) < 4.78 is 5.77. The number of aliphatic carboxylic acids is 1. The van der Waals surface area contributed by atoms with Crippen molar-refractivity contribution in [3.8, 4) is 5.75 Å². The highest BCUT2D eigenvalue weighted by Crippen LogP contribution is 2.20. The zero-order valence-electron chi connectivity index (χ0n) is 13.7. The molecule has 2 aromatic carbocycles. The van der Waals surface area contributed by atoms with Gasteiger partial charge in [-0.2, -0.15) is 0 Å². The average Bonchev–Trinajstić information content (AvgIpc) is 2.55. The Bertz CT molecular complexity index is 605. The minimum absolute atomic E-state index is 0.293. The van der Waals surface area contributed by atoms with Gasteiger partial charge < -0.3 is 9.84 Å². The van der Waals surface area contributed by atoms with Gasteiger partial charge in [0.15, 0.2) is 0 Å². The van der Waals surface area contributed by atoms with E-state index in [9.17, 15) is 4.79 Å². The van der Waals surface area contributed by atoms with Crippen molar-refractivity contribution in [1.82, 2.24) is 0 Å². The van der Waals surface area contributed by atoms with E-state index in [1.807, 2.05) is 42.5 Å². The molecule has 0 aromatic heterocycles. The predicted octanol–water partition coefficient (Wildman–Crippen LogP) is 4.56. The second-order valence-electron chi connectivity index (χ2n) is 6.20. The van der Waals surface area contributed by atoms with Crippen molar-refractivity contribution < 1.29 is 14.6 Å². The molecule has 1 N–H and O–H groups in total. The smallest absolute Gasteiger partial charge is 0.306 e. The van der Waals surface area contributed by atoms with Gasteiger partial charge in [0.1, 0.15) is 12.4 Å². The molecule has 122 valence electrons. The van der Waals surface area contributed by atoms with Gasteiger partial charge in [-0.3, -0.25) is 4.79 Å². The van der Waals surface area contributed by atoms with Gasteiger partial charge in [-0.05, 0) is 42.0 Å². The second-order valence-corrected chi connectivity index (χ2v) is 6.20. The van der Waals surface area contributed by atoms with Gasteiger partial charge in [-0.25, -0.2) is 0 Å². The largest absolute Gasteiger partial charge is 0.489 e. The molecule has 0 aliphatic heterocycles. The maximum absolute atomic E-state index is 10.9. The van der Waals surface area contributed by atoms with Crippen LogP contribution in [0, 0.1) is 11.8 Å². The topological polar surface area (TPSA) is 46.5 Å². The molecule has 23 heavy (non-hydrogen) atoms. The summed E-state index contributed by atoms with van der Waals surface area (Å²) in [6.07, 6.45) is 1.58. The number of hydrogen-bond donors (Lipinski definition) is 1. The molecular formula is C20H24O3. The molecule has 0 amide bonds. The fourth-order valence-corrected chi connectivity index (χ4v) is 2.65. The lowest BCUT2D eigenvalue weighted by Crippen LogP contribution is -2.14. The van der Waals surface area contributed by atoms with Gasteiger partial charge in [0.25, 0.3) is 0 Å². The molecule has 0 fully saturated rings. The number of carboxylic acid groups (broad SMARTS) is 1. The zero-order valence-corrected chi connectivity index (χ0v) is 13.7. The van der Waals surface area contributed by atoms with E-state index in [0.717, 1.165) is 17.7 Å². The van der Waals surface area contributed by atoms with Crippen LogP contribution in [-0.4, -0.2) is 11.1 Å². The summed E-state index contributed by atoms with van der Waals surface area (Å²) in [6.45, 7) is 4.42. The molecule has 0 heterocycles. The first-order valence-corrected chi connectivity index (χ1v) is 8.03. The van der Waals surface area contributed by atoms with E-state index < -0.39 is 5.97 Å². The molecule has 2 aromatic rings. The number of carbonyl (C=O) groups is 1. The quantitative estimate of drug-likeness (QED) is 0.777. The number of carboxylic acids is 1. The van der Waals surface area contributed by atoms with Crippen molar-refractivity contribution in [2.75, 3.05) is 0 Å². The van der Waals surface area contributed by atoms with E-state index in [1.165, 1.54) is 5.56 Å². The Morgan fingerprint density at radius 1 is 1.00 bits per heavy atom. The van der Waals surface area contributed by atoms with Crippen molar-refractivity contribution in [3.05, 3.63) is 65.7 Å². The molecule has 0 radical (unpaired) electrons. The molecule has 3 nitrogen and oxygen atoms in total. The van der Waals surface area contributed by atoms with E-state index in [1.54, 1.807) is 6.92 Å². The Hall–Kier alpha value is -2.29. The van der Waals surface area contributed by atoms with Crippen LogP contribution in [0.2, 0.25) is 0 Å². The lowest BCUT2D eigenvalue weighted by molar-refractivity contribution is -0.141. The van der Waals surface area contributed by atoms with E-state index in [-0.39, 0.29) is 5.92 Å². The molecule has 0 spiro atoms. The van der Waals surface area contributed by atoms with Crippen LogP contribution >= 0.6 is 0 Å². The van der Waals surface area contributed by atoms with Crippen molar-refractivity contribution in [2.45, 2.75) is 33.3 Å². The summed E-state index contributed by atoms with van der Waals surface area (Å²) in [5.41, 5.74) is 2.36. The number of ether oxygens (including phenoxy) is 1. The van der Waals surface area contributed by atoms with Gasteiger partial charge in [-0.15, -0.1) is 0 Å². The van der Waals surface area contributed by atoms with Crippen LogP contribution in [0.1, 0.15) is 31.4 Å². The Morgan fingerprint density at radius 2 is 1.65 bits per heavy atom. The minimum Gasteiger partial charge on any atom is -0.489 e. The lowest BCUT2D eigenvalue weighted by atomic mass is 9.92. The maximum Gasteiger partial charge on any atom is 0.306 e. The van der Waals surface area contributed by atoms with Crippen molar-refractivity contribution in [2.24, 2.45) is 11.8 Å². The van der Waals surface area contributed by atoms with Crippen LogP contribution in [0.3, 0.4) is 0 Å². The third-order valence-electron chi connectivity index (χ3n) is 3.93. The fourth-order valence-electron chi connectivity index (χ4n) is 2.65. The molecule has 0 saturated carbocycles. The summed E-state index contributed by atoms with van der Waals surface area (Å²) in [5, 5.41) is 8.97. The SMILES string of the molecule is C[C@@H](Cc1ccc(OCc2ccccc2)cc1)C[C@@H](C)C(=O)O. The van der Waals surface area contributed by atoms with Crippen LogP contribution in [-0.2, 0) is 17.8 Å². The lowest BCUT2D eigenvalue weighted by Gasteiger charge is -2.14. The highest BCUT2D eigenvalue weighted by molar-refractivity contribution is 5.69. The van der Waals surface area contributed by atoms with Crippen molar-refractivity contribution >= 4 is 5.97 Å². The van der Waals surface area contributed by atoms with Crippen molar-refractivity contribution in [1.29, 1.82) is 0 Å². The number of hydrogen-bond acceptors (Lipinski definition) is 2. The van der Waals surface area contributed by atoms with Crippen molar-refractivity contribution in [3.63, 3.8) is 0 Å². The standard InChI is InChI=1S/C20H24O3/c1-15(12-16(2)20(21)22)13-17-8-10-19(11-9-17)23-14-18-6-4-3-5-7-18/h3-11,15-16H,12-14H2,1-2H3,(H,21,22)/t15-,16-/m1/s1. The van der Waals surface area contributed by atoms with E-state index in [4.69, 9.17) is 9.84 Å². The molecule has 2 rings (SSSR count). The Morgan fingerprint density at radius 3 is 2.26 bits per heavy atom. The van der Waals surface area contributed by atoms with E-state index in [2.05, 4.69) is 19.1 Å². The monoisotopic (exact) mass is 312 g/mol. The number of rotatable bonds is 8. The van der Waals surface area contributed by atoms with Crippen LogP contribution in [0.5, 0.6) is 5.75 Å². The first kappa shape index (κ1) is 17.1. The Labute approximate surface area is 137 Å². The summed E-state index contributed by atoms with van der Waals surface area (Å²) in [5.74, 6) is 0.182. The normalized spacial score (nSPS) is 13.3. The van der Waals surface area contributed by atoms with Gasteiger partial charge >= 0.3 is 5.97 Å². The minimum atomic E-state index is -0.721. The molecule has 0 bridgehead atoms. The Balaban J connectivity index is 1.83. The Kier molecular flexibility index (Phi) is 6.21. The van der Waals surface area contributed by atoms with E-state index in [0.29, 0.717) is 18.9 Å². The van der Waals surface area contributed by atoms with Gasteiger partial charge in [0.2, 0.25) is 0 Å². The predicted molar refractivity (Wildman–Crippen MR) is 91.5 cm³/mol. The summed E-state index contributed by atoms with van der Waals surface area (Å²) in [6, 6.07) is 18.1. The summed E-state index contributed by atoms with van der Waals surface area (Å²) >= 11 is 0. The van der Waals surface area contributed by atoms with Gasteiger partial charge in [0.05, 0.1) is 5.92 Å². The van der Waals surface area contributed by atoms with Gasteiger partial charge in [-0.1, -0.05) is 56.3 Å². The van der Waals surface area contributed by atoms with Crippen LogP contribution < -0.4 is 4.74 Å². The summed E-state index contributed by atoms with van der Waals surface area (Å²) in [7, 11) is 0. The molecule has 0 aliphatic rings. The third kappa shape index (κ3) is 5.78. The number of benzene rings is 2. The average molecular weight is 312 g/mol. The fraction of sp³-hybridized carbons (Fsp3) is 0.350. The third-order valence-corrected chi connectivity index (χ3v) is 3.93. The highest BCUT2D eigenvalue weighted by atomic mass is 16.5. The van der Waals surface area contributed by atoms with Gasteiger partial charge in [0, 0.05) is 0 Å². The molecular weight excluding hydrogens is 288 g/mol. The molecule has 3 heteroatoms. The molecule has 0 unspecified atom stereocenters. The van der Waals surface area contributed by atoms with E-state index >= 15 is 0 Å². The second kappa shape index (κ2) is 8.37. The van der Waals surface area contributed by atoms with Crippen LogP contribution in [0.4, 0.5) is 0 Å². The van der Waals surface area contributed by atoms with Crippen LogP contribution in [0.25, 0.3) is 0 Å². The first-order valence-electron chi connectivity index (χ1n) is 8.03. The van der Waals surface area contributed by atoms with Crippen LogP contribution in [0.15, 0.2) is 54.6 Å². The molecule has 0 saturated heterocycles. The first-order chi connectivity index (χ1) is 11.0. The molecule has 0 aliphatic carbocycles. The summed E-state index contributed by atoms with van der Waals surface area (Å²) in [4.78, 5) is 10.9.